The van der Waals surface area contributed by atoms with Gasteiger partial charge in [0, 0.05) is 30.5 Å². The number of aliphatic hydroxyl groups is 1. The Labute approximate surface area is 219 Å². The summed E-state index contributed by atoms with van der Waals surface area (Å²) in [5.41, 5.74) is 3.39. The van der Waals surface area contributed by atoms with Gasteiger partial charge in [-0.05, 0) is 81.0 Å². The second-order valence-electron chi connectivity index (χ2n) is 11.1. The molecule has 1 amide bonds. The predicted octanol–water partition coefficient (Wildman–Crippen LogP) is 4.46. The Balaban J connectivity index is 1.22. The SMILES string of the molecule is Cc1cc(NC(=O)c2ccc(NSC3(CO)CC3)cc2N2CCC3(CC2)CC3)nc(N2CC(F)(F)C2)n1. The van der Waals surface area contributed by atoms with Crippen LogP contribution in [0.1, 0.15) is 54.6 Å². The van der Waals surface area contributed by atoms with Crippen LogP contribution >= 0.6 is 11.9 Å². The fourth-order valence-corrected chi connectivity index (χ4v) is 5.97. The Hall–Kier alpha value is -2.66. The Morgan fingerprint density at radius 1 is 1.05 bits per heavy atom. The van der Waals surface area contributed by atoms with Crippen LogP contribution in [0.4, 0.5) is 31.9 Å². The van der Waals surface area contributed by atoms with E-state index in [1.54, 1.807) is 24.9 Å². The minimum absolute atomic E-state index is 0.108. The molecule has 2 aromatic rings. The molecule has 4 aliphatic rings. The van der Waals surface area contributed by atoms with Crippen molar-refractivity contribution in [3.05, 3.63) is 35.5 Å². The highest BCUT2D eigenvalue weighted by molar-refractivity contribution is 8.02. The summed E-state index contributed by atoms with van der Waals surface area (Å²) >= 11 is 1.54. The van der Waals surface area contributed by atoms with E-state index in [0.29, 0.717) is 22.5 Å². The third kappa shape index (κ3) is 5.20. The molecule has 1 aromatic heterocycles. The fourth-order valence-electron chi connectivity index (χ4n) is 5.14. The number of piperidine rings is 1. The molecule has 2 saturated heterocycles. The minimum Gasteiger partial charge on any atom is -0.395 e. The van der Waals surface area contributed by atoms with E-state index in [9.17, 15) is 18.7 Å². The van der Waals surface area contributed by atoms with E-state index in [0.717, 1.165) is 50.1 Å². The standard InChI is InChI=1S/C26H32F2N6O2S/c1-17-12-21(31-23(29-17)34-14-26(27,28)15-34)30-22(36)19-3-2-18(32-37-25(16-35)6-7-25)13-20(19)33-10-8-24(4-5-24)9-11-33/h2-3,12-13,32,35H,4-11,14-16H2,1H3,(H,29,30,31,36). The zero-order valence-electron chi connectivity index (χ0n) is 20.9. The molecular formula is C26H32F2N6O2S. The number of nitrogens with one attached hydrogen (secondary N) is 2. The van der Waals surface area contributed by atoms with Crippen molar-refractivity contribution in [2.24, 2.45) is 5.41 Å². The van der Waals surface area contributed by atoms with Crippen molar-refractivity contribution >= 4 is 41.0 Å². The van der Waals surface area contributed by atoms with E-state index in [1.165, 1.54) is 17.7 Å². The molecule has 0 atom stereocenters. The topological polar surface area (TPSA) is 93.6 Å². The van der Waals surface area contributed by atoms with Gasteiger partial charge in [-0.15, -0.1) is 0 Å². The number of nitrogens with zero attached hydrogens (tertiary/aromatic N) is 4. The smallest absolute Gasteiger partial charge is 0.282 e. The van der Waals surface area contributed by atoms with Crippen LogP contribution in [0.5, 0.6) is 0 Å². The summed E-state index contributed by atoms with van der Waals surface area (Å²) in [6.45, 7) is 2.85. The fraction of sp³-hybridized carbons (Fsp3) is 0.577. The molecule has 1 aromatic carbocycles. The third-order valence-corrected chi connectivity index (χ3v) is 9.36. The van der Waals surface area contributed by atoms with E-state index in [1.807, 2.05) is 18.2 Å². The maximum Gasteiger partial charge on any atom is 0.282 e. The van der Waals surface area contributed by atoms with Gasteiger partial charge in [-0.1, -0.05) is 0 Å². The van der Waals surface area contributed by atoms with Crippen LogP contribution in [0.15, 0.2) is 24.3 Å². The zero-order valence-corrected chi connectivity index (χ0v) is 21.7. The molecule has 0 unspecified atom stereocenters. The molecule has 0 bridgehead atoms. The quantitative estimate of drug-likeness (QED) is 0.431. The molecule has 4 fully saturated rings. The second-order valence-corrected chi connectivity index (χ2v) is 12.4. The number of rotatable bonds is 8. The van der Waals surface area contributed by atoms with Crippen LogP contribution in [0.3, 0.4) is 0 Å². The minimum atomic E-state index is -2.73. The highest BCUT2D eigenvalue weighted by Gasteiger charge is 2.46. The van der Waals surface area contributed by atoms with Gasteiger partial charge in [0.2, 0.25) is 5.95 Å². The van der Waals surface area contributed by atoms with Gasteiger partial charge in [-0.25, -0.2) is 13.8 Å². The Kier molecular flexibility index (Phi) is 5.98. The van der Waals surface area contributed by atoms with E-state index >= 15 is 0 Å². The monoisotopic (exact) mass is 530 g/mol. The largest absolute Gasteiger partial charge is 0.395 e. The van der Waals surface area contributed by atoms with Gasteiger partial charge in [0.1, 0.15) is 5.82 Å². The van der Waals surface area contributed by atoms with Gasteiger partial charge in [0.05, 0.1) is 35.7 Å². The number of carbonyl (C=O) groups excluding carboxylic acids is 1. The lowest BCUT2D eigenvalue weighted by Gasteiger charge is -2.38. The number of aryl methyl sites for hydroxylation is 1. The van der Waals surface area contributed by atoms with Crippen molar-refractivity contribution in [2.75, 3.05) is 52.6 Å². The lowest BCUT2D eigenvalue weighted by Crippen LogP contribution is -2.57. The van der Waals surface area contributed by atoms with Crippen molar-refractivity contribution in [1.82, 2.24) is 9.97 Å². The number of benzene rings is 1. The van der Waals surface area contributed by atoms with Gasteiger partial charge in [0.25, 0.3) is 11.8 Å². The summed E-state index contributed by atoms with van der Waals surface area (Å²) in [6.07, 6.45) is 6.82. The summed E-state index contributed by atoms with van der Waals surface area (Å²) in [6, 6.07) is 7.36. The Morgan fingerprint density at radius 2 is 1.78 bits per heavy atom. The number of aromatic nitrogens is 2. The molecule has 2 saturated carbocycles. The molecular weight excluding hydrogens is 498 g/mol. The number of anilines is 4. The van der Waals surface area contributed by atoms with Gasteiger partial charge < -0.3 is 24.9 Å². The number of aliphatic hydroxyl groups excluding tert-OH is 1. The normalized spacial score (nSPS) is 22.4. The Morgan fingerprint density at radius 3 is 2.41 bits per heavy atom. The summed E-state index contributed by atoms with van der Waals surface area (Å²) < 4.78 is 30.0. The molecule has 1 spiro atoms. The number of alkyl halides is 2. The van der Waals surface area contributed by atoms with E-state index < -0.39 is 19.0 Å². The summed E-state index contributed by atoms with van der Waals surface area (Å²) in [4.78, 5) is 25.8. The van der Waals surface area contributed by atoms with E-state index in [-0.39, 0.29) is 23.2 Å². The highest BCUT2D eigenvalue weighted by atomic mass is 32.2. The molecule has 8 nitrogen and oxygen atoms in total. The molecule has 3 N–H and O–H groups in total. The van der Waals surface area contributed by atoms with Crippen LogP contribution in [0.25, 0.3) is 0 Å². The van der Waals surface area contributed by atoms with Crippen molar-refractivity contribution in [3.8, 4) is 0 Å². The third-order valence-electron chi connectivity index (χ3n) is 8.06. The van der Waals surface area contributed by atoms with Crippen molar-refractivity contribution in [3.63, 3.8) is 0 Å². The van der Waals surface area contributed by atoms with Gasteiger partial charge in [-0.3, -0.25) is 4.79 Å². The molecule has 2 aliphatic heterocycles. The first-order valence-corrected chi connectivity index (χ1v) is 13.7. The van der Waals surface area contributed by atoms with Gasteiger partial charge >= 0.3 is 0 Å². The predicted molar refractivity (Wildman–Crippen MR) is 142 cm³/mol. The zero-order chi connectivity index (χ0) is 25.8. The number of halogens is 2. The van der Waals surface area contributed by atoms with Crippen molar-refractivity contribution < 1.29 is 18.7 Å². The number of carbonyl (C=O) groups is 1. The average Bonchev–Trinajstić information content (AvgIpc) is 3.79. The molecule has 2 aliphatic carbocycles. The second kappa shape index (κ2) is 8.97. The Bertz CT molecular complexity index is 1200. The molecule has 11 heteroatoms. The van der Waals surface area contributed by atoms with Crippen LogP contribution in [0, 0.1) is 12.3 Å². The number of hydrogen-bond donors (Lipinski definition) is 3. The summed E-state index contributed by atoms with van der Waals surface area (Å²) in [7, 11) is 0. The van der Waals surface area contributed by atoms with E-state index in [2.05, 4.69) is 24.9 Å². The summed E-state index contributed by atoms with van der Waals surface area (Å²) in [5, 5.41) is 12.5. The molecule has 37 heavy (non-hydrogen) atoms. The summed E-state index contributed by atoms with van der Waals surface area (Å²) in [5.74, 6) is -2.54. The number of amides is 1. The van der Waals surface area contributed by atoms with Crippen LogP contribution in [0.2, 0.25) is 0 Å². The molecule has 0 radical (unpaired) electrons. The maximum atomic E-state index is 13.5. The first-order chi connectivity index (χ1) is 17.7. The first-order valence-electron chi connectivity index (χ1n) is 12.9. The average molecular weight is 531 g/mol. The van der Waals surface area contributed by atoms with Crippen LogP contribution in [-0.2, 0) is 0 Å². The lowest BCUT2D eigenvalue weighted by atomic mass is 9.93. The first kappa shape index (κ1) is 24.7. The van der Waals surface area contributed by atoms with Crippen molar-refractivity contribution in [1.29, 1.82) is 0 Å². The maximum absolute atomic E-state index is 13.5. The lowest BCUT2D eigenvalue weighted by molar-refractivity contribution is -0.0271. The van der Waals surface area contributed by atoms with Gasteiger partial charge in [0.15, 0.2) is 0 Å². The van der Waals surface area contributed by atoms with E-state index in [4.69, 9.17) is 0 Å². The van der Waals surface area contributed by atoms with Crippen molar-refractivity contribution in [2.45, 2.75) is 56.1 Å². The van der Waals surface area contributed by atoms with Gasteiger partial charge in [-0.2, -0.15) is 4.98 Å². The van der Waals surface area contributed by atoms with Crippen LogP contribution < -0.4 is 19.8 Å². The molecule has 3 heterocycles. The molecule has 198 valence electrons. The highest BCUT2D eigenvalue weighted by Crippen LogP contribution is 2.54. The van der Waals surface area contributed by atoms with Crippen LogP contribution in [-0.4, -0.2) is 64.4 Å². The molecule has 6 rings (SSSR count). The number of hydrogen-bond acceptors (Lipinski definition) is 8.